The van der Waals surface area contributed by atoms with Gasteiger partial charge in [0.1, 0.15) is 11.1 Å². The summed E-state index contributed by atoms with van der Waals surface area (Å²) in [5.41, 5.74) is 0.440. The molecular weight excluding hydrogens is 267 g/mol. The molecule has 0 aliphatic carbocycles. The van der Waals surface area contributed by atoms with E-state index in [1.807, 2.05) is 0 Å². The molecule has 0 heterocycles. The van der Waals surface area contributed by atoms with E-state index in [9.17, 15) is 9.36 Å². The summed E-state index contributed by atoms with van der Waals surface area (Å²) in [7, 11) is -2.00. The third kappa shape index (κ3) is 3.66. The summed E-state index contributed by atoms with van der Waals surface area (Å²) in [4.78, 5) is 11.4. The molecule has 0 atom stereocenters. The Morgan fingerprint density at radius 1 is 1.21 bits per heavy atom. The summed E-state index contributed by atoms with van der Waals surface area (Å²) in [6.07, 6.45) is 0. The summed E-state index contributed by atoms with van der Waals surface area (Å²) >= 11 is 0. The fraction of sp³-hybridized carbons (Fsp3) is 0.462. The topological polar surface area (TPSA) is 61.8 Å². The molecule has 0 unspecified atom stereocenters. The largest absolute Gasteiger partial charge is 0.496 e. The normalized spacial score (nSPS) is 11.4. The van der Waals surface area contributed by atoms with E-state index in [-0.39, 0.29) is 24.3 Å². The van der Waals surface area contributed by atoms with Crippen LogP contribution in [0.1, 0.15) is 31.1 Å². The highest BCUT2D eigenvalue weighted by molar-refractivity contribution is 7.62. The molecule has 19 heavy (non-hydrogen) atoms. The van der Waals surface area contributed by atoms with Gasteiger partial charge in [-0.15, -0.1) is 0 Å². The number of carbonyl (C=O) groups is 1. The van der Waals surface area contributed by atoms with Crippen LogP contribution in [0.5, 0.6) is 5.75 Å². The first-order valence-corrected chi connectivity index (χ1v) is 7.61. The van der Waals surface area contributed by atoms with Gasteiger partial charge in [0, 0.05) is 5.56 Å². The number of carbonyl (C=O) groups excluding carboxylic acids is 1. The quantitative estimate of drug-likeness (QED) is 0.569. The number of methoxy groups -OCH3 is 1. The zero-order valence-electron chi connectivity index (χ0n) is 11.6. The van der Waals surface area contributed by atoms with Crippen molar-refractivity contribution in [2.24, 2.45) is 0 Å². The van der Waals surface area contributed by atoms with Crippen LogP contribution < -0.4 is 10.0 Å². The zero-order valence-corrected chi connectivity index (χ0v) is 12.5. The molecule has 0 aromatic heterocycles. The van der Waals surface area contributed by atoms with E-state index >= 15 is 0 Å². The fourth-order valence-corrected chi connectivity index (χ4v) is 3.40. The lowest BCUT2D eigenvalue weighted by Gasteiger charge is -2.19. The minimum Gasteiger partial charge on any atom is -0.496 e. The summed E-state index contributed by atoms with van der Waals surface area (Å²) < 4.78 is 28.5. The van der Waals surface area contributed by atoms with Crippen LogP contribution in [0.15, 0.2) is 18.2 Å². The standard InChI is InChI=1S/C13H19O5P/c1-5-17-19(15,18-6-2)13-9-11(10(3)14)7-8-12(13)16-4/h7-9H,5-6H2,1-4H3. The Morgan fingerprint density at radius 2 is 1.79 bits per heavy atom. The molecule has 0 aliphatic rings. The van der Waals surface area contributed by atoms with Gasteiger partial charge in [-0.3, -0.25) is 9.36 Å². The van der Waals surface area contributed by atoms with Gasteiger partial charge in [-0.1, -0.05) is 0 Å². The monoisotopic (exact) mass is 286 g/mol. The van der Waals surface area contributed by atoms with E-state index in [2.05, 4.69) is 0 Å². The summed E-state index contributed by atoms with van der Waals surface area (Å²) in [6.45, 7) is 5.38. The van der Waals surface area contributed by atoms with E-state index in [1.54, 1.807) is 26.0 Å². The van der Waals surface area contributed by atoms with Gasteiger partial charge in [-0.05, 0) is 39.0 Å². The second-order valence-electron chi connectivity index (χ2n) is 3.78. The first-order valence-electron chi connectivity index (χ1n) is 6.07. The fourth-order valence-electron chi connectivity index (χ4n) is 1.64. The number of ketones is 1. The summed E-state index contributed by atoms with van der Waals surface area (Å²) in [6, 6.07) is 4.72. The van der Waals surface area contributed by atoms with Gasteiger partial charge in [0.25, 0.3) is 0 Å². The lowest BCUT2D eigenvalue weighted by atomic mass is 10.1. The molecule has 5 nitrogen and oxygen atoms in total. The van der Waals surface area contributed by atoms with Crippen LogP contribution in [0, 0.1) is 0 Å². The highest BCUT2D eigenvalue weighted by Crippen LogP contribution is 2.49. The lowest BCUT2D eigenvalue weighted by Crippen LogP contribution is -2.15. The molecule has 0 bridgehead atoms. The van der Waals surface area contributed by atoms with Gasteiger partial charge in [0.15, 0.2) is 5.78 Å². The third-order valence-corrected chi connectivity index (χ3v) is 4.61. The van der Waals surface area contributed by atoms with Crippen molar-refractivity contribution in [1.29, 1.82) is 0 Å². The number of hydrogen-bond donors (Lipinski definition) is 0. The van der Waals surface area contributed by atoms with E-state index < -0.39 is 7.60 Å². The van der Waals surface area contributed by atoms with E-state index in [1.165, 1.54) is 20.1 Å². The molecule has 106 valence electrons. The Labute approximate surface area is 113 Å². The van der Waals surface area contributed by atoms with Crippen LogP contribution in [0.2, 0.25) is 0 Å². The van der Waals surface area contributed by atoms with Crippen molar-refractivity contribution in [3.05, 3.63) is 23.8 Å². The smallest absolute Gasteiger partial charge is 0.365 e. The molecule has 0 saturated carbocycles. The highest BCUT2D eigenvalue weighted by atomic mass is 31.2. The maximum atomic E-state index is 12.7. The van der Waals surface area contributed by atoms with Crippen molar-refractivity contribution in [1.82, 2.24) is 0 Å². The first kappa shape index (κ1) is 15.9. The Bertz CT molecular complexity index is 488. The van der Waals surface area contributed by atoms with Crippen LogP contribution in [-0.4, -0.2) is 26.1 Å². The Morgan fingerprint density at radius 3 is 2.21 bits per heavy atom. The average Bonchev–Trinajstić information content (AvgIpc) is 2.38. The minimum absolute atomic E-state index is 0.122. The van der Waals surface area contributed by atoms with Gasteiger partial charge in [-0.2, -0.15) is 0 Å². The maximum absolute atomic E-state index is 12.7. The average molecular weight is 286 g/mol. The van der Waals surface area contributed by atoms with E-state index in [0.29, 0.717) is 11.3 Å². The van der Waals surface area contributed by atoms with Gasteiger partial charge < -0.3 is 13.8 Å². The molecular formula is C13H19O5P. The molecule has 1 aromatic carbocycles. The van der Waals surface area contributed by atoms with Crippen molar-refractivity contribution >= 4 is 18.7 Å². The lowest BCUT2D eigenvalue weighted by molar-refractivity contribution is 0.101. The zero-order chi connectivity index (χ0) is 14.5. The molecule has 0 aliphatic heterocycles. The van der Waals surface area contributed by atoms with Crippen LogP contribution in [0.25, 0.3) is 0 Å². The van der Waals surface area contributed by atoms with Crippen molar-refractivity contribution in [2.45, 2.75) is 20.8 Å². The number of Topliss-reactive ketones (excluding diaryl/α,β-unsaturated/α-hetero) is 1. The van der Waals surface area contributed by atoms with E-state index in [0.717, 1.165) is 0 Å². The van der Waals surface area contributed by atoms with Gasteiger partial charge in [-0.25, -0.2) is 0 Å². The molecule has 0 fully saturated rings. The minimum atomic E-state index is -3.47. The second-order valence-corrected chi connectivity index (χ2v) is 5.77. The van der Waals surface area contributed by atoms with Crippen LogP contribution in [0.3, 0.4) is 0 Å². The van der Waals surface area contributed by atoms with Crippen molar-refractivity contribution in [3.8, 4) is 5.75 Å². The molecule has 1 rings (SSSR count). The SMILES string of the molecule is CCOP(=O)(OCC)c1cc(C(C)=O)ccc1OC. The summed E-state index contributed by atoms with van der Waals surface area (Å²) in [5.74, 6) is 0.263. The van der Waals surface area contributed by atoms with Crippen molar-refractivity contribution in [3.63, 3.8) is 0 Å². The Hall–Kier alpha value is -1.16. The number of ether oxygens (including phenoxy) is 1. The second kappa shape index (κ2) is 6.85. The van der Waals surface area contributed by atoms with Crippen LogP contribution >= 0.6 is 7.60 Å². The summed E-state index contributed by atoms with van der Waals surface area (Å²) in [5, 5.41) is 0.284. The number of rotatable bonds is 7. The predicted octanol–water partition coefficient (Wildman–Crippen LogP) is 2.79. The number of benzene rings is 1. The molecule has 0 saturated heterocycles. The predicted molar refractivity (Wildman–Crippen MR) is 73.5 cm³/mol. The van der Waals surface area contributed by atoms with Gasteiger partial charge in [0.2, 0.25) is 0 Å². The maximum Gasteiger partial charge on any atom is 0.365 e. The molecule has 0 N–H and O–H groups in total. The van der Waals surface area contributed by atoms with Crippen LogP contribution in [-0.2, 0) is 13.6 Å². The molecule has 0 spiro atoms. The van der Waals surface area contributed by atoms with Crippen molar-refractivity contribution < 1.29 is 23.1 Å². The van der Waals surface area contributed by atoms with Crippen LogP contribution in [0.4, 0.5) is 0 Å². The highest BCUT2D eigenvalue weighted by Gasteiger charge is 2.31. The molecule has 1 aromatic rings. The van der Waals surface area contributed by atoms with Gasteiger partial charge >= 0.3 is 7.60 Å². The Balaban J connectivity index is 3.38. The van der Waals surface area contributed by atoms with Crippen molar-refractivity contribution in [2.75, 3.05) is 20.3 Å². The van der Waals surface area contributed by atoms with Gasteiger partial charge in [0.05, 0.1) is 20.3 Å². The number of hydrogen-bond acceptors (Lipinski definition) is 5. The Kier molecular flexibility index (Phi) is 5.73. The first-order chi connectivity index (χ1) is 8.98. The third-order valence-electron chi connectivity index (χ3n) is 2.48. The van der Waals surface area contributed by atoms with E-state index in [4.69, 9.17) is 13.8 Å². The molecule has 6 heteroatoms. The molecule has 0 amide bonds. The molecule has 0 radical (unpaired) electrons.